The van der Waals surface area contributed by atoms with Crippen molar-refractivity contribution < 1.29 is 27.9 Å². The number of rotatable bonds is 5. The van der Waals surface area contributed by atoms with Gasteiger partial charge in [0.2, 0.25) is 10.0 Å². The number of primary sulfonamides is 1. The van der Waals surface area contributed by atoms with Gasteiger partial charge in [0.25, 0.3) is 11.7 Å². The lowest BCUT2D eigenvalue weighted by Crippen LogP contribution is -2.29. The second kappa shape index (κ2) is 8.77. The Morgan fingerprint density at radius 2 is 1.65 bits per heavy atom. The number of nitrogens with two attached hydrogens (primary N) is 1. The Morgan fingerprint density at radius 3 is 2.21 bits per heavy atom. The molecule has 174 valence electrons. The Labute approximate surface area is 196 Å². The predicted octanol–water partition coefficient (Wildman–Crippen LogP) is 3.28. The molecule has 0 aromatic heterocycles. The summed E-state index contributed by atoms with van der Waals surface area (Å²) in [4.78, 5) is 27.5. The Hall–Kier alpha value is -3.95. The number of carbonyl (C=O) groups excluding carboxylic acids is 2. The standard InChI is InChI=1S/C25H22N2O6S/c1-15-14-18(33-2)10-13-20(15)23(28)21-22(16-6-4-3-5-7-16)27(25(30)24(21)29)17-8-11-19(12-9-17)34(26,31)32/h3-14,22,28H,1-2H3,(H2,26,31,32)/b23-21-. The number of carbonyl (C=O) groups is 2. The quantitative estimate of drug-likeness (QED) is 0.329. The topological polar surface area (TPSA) is 127 Å². The van der Waals surface area contributed by atoms with Crippen LogP contribution >= 0.6 is 0 Å². The van der Waals surface area contributed by atoms with Gasteiger partial charge in [-0.2, -0.15) is 0 Å². The number of hydrogen-bond donors (Lipinski definition) is 2. The molecule has 3 aromatic carbocycles. The Balaban J connectivity index is 1.92. The van der Waals surface area contributed by atoms with Crippen LogP contribution in [0.1, 0.15) is 22.7 Å². The maximum absolute atomic E-state index is 13.2. The normalized spacial score (nSPS) is 17.7. The molecule has 3 aromatic rings. The summed E-state index contributed by atoms with van der Waals surface area (Å²) >= 11 is 0. The number of ketones is 1. The van der Waals surface area contributed by atoms with E-state index in [0.29, 0.717) is 22.4 Å². The first kappa shape index (κ1) is 23.2. The number of anilines is 1. The fraction of sp³-hybridized carbons (Fsp3) is 0.120. The second-order valence-electron chi connectivity index (χ2n) is 7.80. The number of Topliss-reactive ketones (excluding diaryl/α,β-unsaturated/α-hetero) is 1. The molecule has 9 heteroatoms. The van der Waals surface area contributed by atoms with Crippen LogP contribution in [0, 0.1) is 6.92 Å². The van der Waals surface area contributed by atoms with Gasteiger partial charge in [-0.1, -0.05) is 30.3 Å². The van der Waals surface area contributed by atoms with E-state index in [2.05, 4.69) is 0 Å². The third-order valence-electron chi connectivity index (χ3n) is 5.69. The molecule has 1 unspecified atom stereocenters. The van der Waals surface area contributed by atoms with E-state index in [0.717, 1.165) is 0 Å². The molecule has 1 heterocycles. The average Bonchev–Trinajstić information content (AvgIpc) is 3.09. The Morgan fingerprint density at radius 1 is 1.00 bits per heavy atom. The number of aliphatic hydroxyl groups is 1. The molecule has 0 radical (unpaired) electrons. The number of amides is 1. The number of sulfonamides is 1. The number of ether oxygens (including phenoxy) is 1. The minimum atomic E-state index is -3.93. The Bertz CT molecular complexity index is 1410. The van der Waals surface area contributed by atoms with Crippen molar-refractivity contribution in [3.05, 3.63) is 95.1 Å². The van der Waals surface area contributed by atoms with Crippen molar-refractivity contribution in [2.24, 2.45) is 5.14 Å². The van der Waals surface area contributed by atoms with Gasteiger partial charge in [0.1, 0.15) is 11.5 Å². The molecule has 1 amide bonds. The van der Waals surface area contributed by atoms with Gasteiger partial charge in [-0.25, -0.2) is 13.6 Å². The first-order valence-electron chi connectivity index (χ1n) is 10.3. The van der Waals surface area contributed by atoms with Crippen LogP contribution in [0.15, 0.2) is 83.3 Å². The number of nitrogens with zero attached hydrogens (tertiary/aromatic N) is 1. The molecule has 8 nitrogen and oxygen atoms in total. The highest BCUT2D eigenvalue weighted by Crippen LogP contribution is 2.42. The van der Waals surface area contributed by atoms with Crippen LogP contribution in [0.2, 0.25) is 0 Å². The van der Waals surface area contributed by atoms with Crippen molar-refractivity contribution in [3.63, 3.8) is 0 Å². The highest BCUT2D eigenvalue weighted by atomic mass is 32.2. The summed E-state index contributed by atoms with van der Waals surface area (Å²) in [7, 11) is -2.41. The fourth-order valence-corrected chi connectivity index (χ4v) is 4.54. The monoisotopic (exact) mass is 478 g/mol. The molecule has 34 heavy (non-hydrogen) atoms. The van der Waals surface area contributed by atoms with E-state index in [1.165, 1.54) is 36.3 Å². The SMILES string of the molecule is COc1ccc(/C(O)=C2/C(=O)C(=O)N(c3ccc(S(N)(=O)=O)cc3)C2c2ccccc2)c(C)c1. The van der Waals surface area contributed by atoms with Crippen LogP contribution in [-0.2, 0) is 19.6 Å². The first-order chi connectivity index (χ1) is 16.1. The van der Waals surface area contributed by atoms with Crippen LogP contribution in [0.4, 0.5) is 5.69 Å². The third-order valence-corrected chi connectivity index (χ3v) is 6.62. The van der Waals surface area contributed by atoms with E-state index in [1.54, 1.807) is 55.5 Å². The van der Waals surface area contributed by atoms with Gasteiger partial charge in [-0.15, -0.1) is 0 Å². The maximum Gasteiger partial charge on any atom is 0.300 e. The summed E-state index contributed by atoms with van der Waals surface area (Å²) in [6, 6.07) is 18.2. The molecular weight excluding hydrogens is 456 g/mol. The highest BCUT2D eigenvalue weighted by Gasteiger charge is 2.47. The minimum absolute atomic E-state index is 0.0695. The van der Waals surface area contributed by atoms with Crippen molar-refractivity contribution >= 4 is 33.2 Å². The van der Waals surface area contributed by atoms with Gasteiger partial charge in [0.05, 0.1) is 23.6 Å². The number of aryl methyl sites for hydroxylation is 1. The van der Waals surface area contributed by atoms with Gasteiger partial charge < -0.3 is 9.84 Å². The van der Waals surface area contributed by atoms with E-state index in [-0.39, 0.29) is 21.9 Å². The maximum atomic E-state index is 13.2. The van der Waals surface area contributed by atoms with Crippen LogP contribution in [-0.4, -0.2) is 32.3 Å². The average molecular weight is 479 g/mol. The fourth-order valence-electron chi connectivity index (χ4n) is 4.02. The lowest BCUT2D eigenvalue weighted by molar-refractivity contribution is -0.132. The number of methoxy groups -OCH3 is 1. The second-order valence-corrected chi connectivity index (χ2v) is 9.36. The summed E-state index contributed by atoms with van der Waals surface area (Å²) in [5.74, 6) is -1.41. The Kier molecular flexibility index (Phi) is 5.99. The lowest BCUT2D eigenvalue weighted by atomic mass is 9.94. The van der Waals surface area contributed by atoms with E-state index in [4.69, 9.17) is 9.88 Å². The number of benzene rings is 3. The third kappa shape index (κ3) is 4.07. The molecule has 1 aliphatic heterocycles. The van der Waals surface area contributed by atoms with E-state index in [9.17, 15) is 23.1 Å². The van der Waals surface area contributed by atoms with Gasteiger partial charge in [0.15, 0.2) is 0 Å². The minimum Gasteiger partial charge on any atom is -0.507 e. The van der Waals surface area contributed by atoms with Gasteiger partial charge in [-0.05, 0) is 60.5 Å². The molecule has 0 aliphatic carbocycles. The van der Waals surface area contributed by atoms with E-state index in [1.807, 2.05) is 0 Å². The smallest absolute Gasteiger partial charge is 0.300 e. The zero-order chi connectivity index (χ0) is 24.6. The molecule has 1 saturated heterocycles. The van der Waals surface area contributed by atoms with Crippen molar-refractivity contribution in [2.75, 3.05) is 12.0 Å². The number of hydrogen-bond acceptors (Lipinski definition) is 6. The van der Waals surface area contributed by atoms with Crippen LogP contribution in [0.5, 0.6) is 5.75 Å². The van der Waals surface area contributed by atoms with Crippen molar-refractivity contribution in [1.82, 2.24) is 0 Å². The van der Waals surface area contributed by atoms with Gasteiger partial charge in [0, 0.05) is 11.3 Å². The molecule has 4 rings (SSSR count). The zero-order valence-electron chi connectivity index (χ0n) is 18.4. The molecule has 1 atom stereocenters. The van der Waals surface area contributed by atoms with E-state index < -0.39 is 27.8 Å². The van der Waals surface area contributed by atoms with Gasteiger partial charge in [-0.3, -0.25) is 14.5 Å². The van der Waals surface area contributed by atoms with Gasteiger partial charge >= 0.3 is 0 Å². The van der Waals surface area contributed by atoms with Crippen LogP contribution in [0.3, 0.4) is 0 Å². The molecule has 0 saturated carbocycles. The van der Waals surface area contributed by atoms with Crippen molar-refractivity contribution in [2.45, 2.75) is 17.9 Å². The predicted molar refractivity (Wildman–Crippen MR) is 127 cm³/mol. The zero-order valence-corrected chi connectivity index (χ0v) is 19.2. The number of aliphatic hydroxyl groups excluding tert-OH is 1. The lowest BCUT2D eigenvalue weighted by Gasteiger charge is -2.25. The molecule has 1 aliphatic rings. The van der Waals surface area contributed by atoms with Crippen molar-refractivity contribution in [3.8, 4) is 5.75 Å². The summed E-state index contributed by atoms with van der Waals surface area (Å²) < 4.78 is 28.5. The molecular formula is C25H22N2O6S. The largest absolute Gasteiger partial charge is 0.507 e. The summed E-state index contributed by atoms with van der Waals surface area (Å²) in [5.41, 5.74) is 1.87. The molecule has 0 bridgehead atoms. The first-order valence-corrected chi connectivity index (χ1v) is 11.8. The summed E-state index contributed by atoms with van der Waals surface area (Å²) in [6.45, 7) is 1.76. The summed E-state index contributed by atoms with van der Waals surface area (Å²) in [6.07, 6.45) is 0. The van der Waals surface area contributed by atoms with E-state index >= 15 is 0 Å². The molecule has 0 spiro atoms. The van der Waals surface area contributed by atoms with Crippen LogP contribution < -0.4 is 14.8 Å². The molecule has 3 N–H and O–H groups in total. The summed E-state index contributed by atoms with van der Waals surface area (Å²) in [5, 5.41) is 16.4. The molecule has 1 fully saturated rings. The van der Waals surface area contributed by atoms with Crippen molar-refractivity contribution in [1.29, 1.82) is 0 Å². The van der Waals surface area contributed by atoms with Crippen LogP contribution in [0.25, 0.3) is 5.76 Å². The highest BCUT2D eigenvalue weighted by molar-refractivity contribution is 7.89.